The molecule has 112 valence electrons. The van der Waals surface area contributed by atoms with Crippen molar-refractivity contribution in [3.05, 3.63) is 60.7 Å². The fourth-order valence-corrected chi connectivity index (χ4v) is 1.80. The number of amides is 2. The Bertz CT molecular complexity index is 603. The van der Waals surface area contributed by atoms with Gasteiger partial charge in [0.25, 0.3) is 0 Å². The van der Waals surface area contributed by atoms with E-state index in [-0.39, 0.29) is 0 Å². The summed E-state index contributed by atoms with van der Waals surface area (Å²) in [5.74, 6) is -2.42. The van der Waals surface area contributed by atoms with Crippen LogP contribution in [0.4, 0.5) is 11.4 Å². The Morgan fingerprint density at radius 3 is 1.64 bits per heavy atom. The molecular weight excluding hydrogens is 282 g/mol. The van der Waals surface area contributed by atoms with Crippen molar-refractivity contribution in [1.82, 2.24) is 0 Å². The minimum atomic E-state index is -1.24. The maximum atomic E-state index is 12.2. The average Bonchev–Trinajstić information content (AvgIpc) is 2.54. The molecule has 0 aromatic heterocycles. The summed E-state index contributed by atoms with van der Waals surface area (Å²) in [7, 11) is 0. The SMILES string of the molecule is O=C(Nc1ccccc1)C(/C=N/O)C(=O)Nc1ccccc1. The number of hydrogen-bond acceptors (Lipinski definition) is 4. The van der Waals surface area contributed by atoms with Crippen molar-refractivity contribution in [2.24, 2.45) is 11.1 Å². The van der Waals surface area contributed by atoms with Crippen molar-refractivity contribution in [3.8, 4) is 0 Å². The molecule has 0 fully saturated rings. The van der Waals surface area contributed by atoms with E-state index < -0.39 is 17.7 Å². The summed E-state index contributed by atoms with van der Waals surface area (Å²) in [6, 6.07) is 17.4. The van der Waals surface area contributed by atoms with Crippen LogP contribution >= 0.6 is 0 Å². The Hall–Kier alpha value is -3.15. The van der Waals surface area contributed by atoms with Crippen LogP contribution in [0.1, 0.15) is 0 Å². The van der Waals surface area contributed by atoms with Crippen molar-refractivity contribution in [2.75, 3.05) is 10.6 Å². The Labute approximate surface area is 127 Å². The zero-order valence-electron chi connectivity index (χ0n) is 11.6. The van der Waals surface area contributed by atoms with Gasteiger partial charge in [-0.2, -0.15) is 0 Å². The number of para-hydroxylation sites is 2. The highest BCUT2D eigenvalue weighted by atomic mass is 16.4. The molecule has 0 heterocycles. The van der Waals surface area contributed by atoms with Crippen molar-refractivity contribution in [3.63, 3.8) is 0 Å². The van der Waals surface area contributed by atoms with E-state index in [0.29, 0.717) is 11.4 Å². The minimum Gasteiger partial charge on any atom is -0.411 e. The molecule has 6 heteroatoms. The number of carbonyl (C=O) groups is 2. The molecule has 0 aliphatic carbocycles. The molecule has 0 unspecified atom stereocenters. The Morgan fingerprint density at radius 1 is 0.864 bits per heavy atom. The second-order valence-electron chi connectivity index (χ2n) is 4.45. The van der Waals surface area contributed by atoms with Crippen LogP contribution in [0.3, 0.4) is 0 Å². The third-order valence-corrected chi connectivity index (χ3v) is 2.86. The van der Waals surface area contributed by atoms with E-state index in [2.05, 4.69) is 15.8 Å². The van der Waals surface area contributed by atoms with Gasteiger partial charge in [0.2, 0.25) is 11.8 Å². The van der Waals surface area contributed by atoms with Gasteiger partial charge in [0.1, 0.15) is 0 Å². The largest absolute Gasteiger partial charge is 0.411 e. The molecule has 0 saturated heterocycles. The van der Waals surface area contributed by atoms with Gasteiger partial charge in [0.15, 0.2) is 5.92 Å². The van der Waals surface area contributed by atoms with E-state index in [1.165, 1.54) is 0 Å². The first-order valence-corrected chi connectivity index (χ1v) is 6.60. The van der Waals surface area contributed by atoms with Gasteiger partial charge in [0, 0.05) is 11.4 Å². The highest BCUT2D eigenvalue weighted by Crippen LogP contribution is 2.10. The molecule has 0 saturated carbocycles. The molecular formula is C16H15N3O3. The highest BCUT2D eigenvalue weighted by molar-refractivity contribution is 6.20. The van der Waals surface area contributed by atoms with Crippen molar-refractivity contribution < 1.29 is 14.8 Å². The zero-order chi connectivity index (χ0) is 15.8. The lowest BCUT2D eigenvalue weighted by Crippen LogP contribution is -2.35. The monoisotopic (exact) mass is 297 g/mol. The standard InChI is InChI=1S/C16H15N3O3/c20-15(18-12-7-3-1-4-8-12)14(11-17-22)16(21)19-13-9-5-2-6-10-13/h1-11,14,22H,(H,18,20)(H,19,21)/b17-11+. The van der Waals surface area contributed by atoms with Gasteiger partial charge >= 0.3 is 0 Å². The third kappa shape index (κ3) is 4.17. The van der Waals surface area contributed by atoms with Crippen LogP contribution in [0.5, 0.6) is 0 Å². The summed E-state index contributed by atoms with van der Waals surface area (Å²) in [5.41, 5.74) is 1.10. The molecule has 0 spiro atoms. The van der Waals surface area contributed by atoms with Crippen LogP contribution in [0.25, 0.3) is 0 Å². The first-order valence-electron chi connectivity index (χ1n) is 6.60. The first-order chi connectivity index (χ1) is 10.7. The molecule has 0 radical (unpaired) electrons. The Morgan fingerprint density at radius 2 is 1.27 bits per heavy atom. The fourth-order valence-electron chi connectivity index (χ4n) is 1.80. The van der Waals surface area contributed by atoms with Gasteiger partial charge in [-0.15, -0.1) is 5.16 Å². The van der Waals surface area contributed by atoms with Crippen LogP contribution in [0.15, 0.2) is 65.8 Å². The molecule has 2 aromatic carbocycles. The van der Waals surface area contributed by atoms with Crippen LogP contribution in [0.2, 0.25) is 0 Å². The lowest BCUT2D eigenvalue weighted by Gasteiger charge is -2.12. The molecule has 2 aromatic rings. The lowest BCUT2D eigenvalue weighted by atomic mass is 10.1. The molecule has 2 amide bonds. The second-order valence-corrected chi connectivity index (χ2v) is 4.45. The summed E-state index contributed by atoms with van der Waals surface area (Å²) in [6.45, 7) is 0. The topological polar surface area (TPSA) is 90.8 Å². The van der Waals surface area contributed by atoms with E-state index in [4.69, 9.17) is 5.21 Å². The van der Waals surface area contributed by atoms with Crippen molar-refractivity contribution in [2.45, 2.75) is 0 Å². The summed E-state index contributed by atoms with van der Waals surface area (Å²) >= 11 is 0. The number of hydrogen-bond donors (Lipinski definition) is 3. The normalized spacial score (nSPS) is 10.6. The fraction of sp³-hybridized carbons (Fsp3) is 0.0625. The molecule has 3 N–H and O–H groups in total. The second kappa shape index (κ2) is 7.58. The lowest BCUT2D eigenvalue weighted by molar-refractivity contribution is -0.126. The van der Waals surface area contributed by atoms with E-state index in [1.807, 2.05) is 12.1 Å². The predicted molar refractivity (Wildman–Crippen MR) is 83.9 cm³/mol. The molecule has 0 bridgehead atoms. The van der Waals surface area contributed by atoms with E-state index >= 15 is 0 Å². The number of anilines is 2. The maximum absolute atomic E-state index is 12.2. The Kier molecular flexibility index (Phi) is 5.25. The summed E-state index contributed by atoms with van der Waals surface area (Å²) in [4.78, 5) is 24.3. The molecule has 0 aliphatic rings. The minimum absolute atomic E-state index is 0.552. The summed E-state index contributed by atoms with van der Waals surface area (Å²) in [5, 5.41) is 16.7. The molecule has 22 heavy (non-hydrogen) atoms. The van der Waals surface area contributed by atoms with Crippen molar-refractivity contribution in [1.29, 1.82) is 0 Å². The predicted octanol–water partition coefficient (Wildman–Crippen LogP) is 2.34. The zero-order valence-corrected chi connectivity index (χ0v) is 11.6. The first kappa shape index (κ1) is 15.2. The number of benzene rings is 2. The van der Waals surface area contributed by atoms with Crippen molar-refractivity contribution >= 4 is 29.4 Å². The number of nitrogens with zero attached hydrogens (tertiary/aromatic N) is 1. The number of carbonyl (C=O) groups excluding carboxylic acids is 2. The van der Waals surface area contributed by atoms with Gasteiger partial charge in [-0.05, 0) is 24.3 Å². The molecule has 0 atom stereocenters. The van der Waals surface area contributed by atoms with Gasteiger partial charge in [0.05, 0.1) is 6.21 Å². The van der Waals surface area contributed by atoms with Crippen LogP contribution in [0, 0.1) is 5.92 Å². The van der Waals surface area contributed by atoms with Gasteiger partial charge in [-0.3, -0.25) is 9.59 Å². The van der Waals surface area contributed by atoms with Crippen LogP contribution in [-0.2, 0) is 9.59 Å². The highest BCUT2D eigenvalue weighted by Gasteiger charge is 2.25. The molecule has 6 nitrogen and oxygen atoms in total. The van der Waals surface area contributed by atoms with E-state index in [0.717, 1.165) is 6.21 Å². The third-order valence-electron chi connectivity index (χ3n) is 2.86. The summed E-state index contributed by atoms with van der Waals surface area (Å²) < 4.78 is 0. The molecule has 2 rings (SSSR count). The molecule has 0 aliphatic heterocycles. The number of oxime groups is 1. The average molecular weight is 297 g/mol. The van der Waals surface area contributed by atoms with E-state index in [9.17, 15) is 9.59 Å². The van der Waals surface area contributed by atoms with Crippen LogP contribution in [-0.4, -0.2) is 23.2 Å². The summed E-state index contributed by atoms with van der Waals surface area (Å²) in [6.07, 6.45) is 0.885. The smallest absolute Gasteiger partial charge is 0.242 e. The number of nitrogens with one attached hydrogen (secondary N) is 2. The quantitative estimate of drug-likeness (QED) is 0.342. The van der Waals surface area contributed by atoms with E-state index in [1.54, 1.807) is 48.5 Å². The number of rotatable bonds is 5. The maximum Gasteiger partial charge on any atom is 0.242 e. The van der Waals surface area contributed by atoms with Gasteiger partial charge in [-0.1, -0.05) is 36.4 Å². The van der Waals surface area contributed by atoms with Gasteiger partial charge in [-0.25, -0.2) is 0 Å². The Balaban J connectivity index is 2.08. The van der Waals surface area contributed by atoms with Gasteiger partial charge < -0.3 is 15.8 Å². The van der Waals surface area contributed by atoms with Crippen LogP contribution < -0.4 is 10.6 Å².